The molecule has 0 fully saturated rings. The number of benzene rings is 3. The van der Waals surface area contributed by atoms with Crippen molar-refractivity contribution >= 4 is 40.0 Å². The Bertz CT molecular complexity index is 1160. The first kappa shape index (κ1) is 22.8. The van der Waals surface area contributed by atoms with Crippen LogP contribution in [-0.4, -0.2) is 30.2 Å². The van der Waals surface area contributed by atoms with Crippen molar-refractivity contribution in [2.24, 2.45) is 5.10 Å². The Labute approximate surface area is 193 Å². The molecule has 32 heavy (non-hydrogen) atoms. The summed E-state index contributed by atoms with van der Waals surface area (Å²) in [6.07, 6.45) is 2.82. The molecular formula is C24H20BrN3O4. The maximum absolute atomic E-state index is 12.8. The molecule has 3 aromatic carbocycles. The number of phenols is 1. The lowest BCUT2D eigenvalue weighted by molar-refractivity contribution is -0.117. The molecule has 7 nitrogen and oxygen atoms in total. The van der Waals surface area contributed by atoms with E-state index >= 15 is 0 Å². The zero-order chi connectivity index (χ0) is 22.9. The number of amides is 2. The predicted molar refractivity (Wildman–Crippen MR) is 126 cm³/mol. The first-order valence-electron chi connectivity index (χ1n) is 9.51. The van der Waals surface area contributed by atoms with E-state index in [1.165, 1.54) is 13.3 Å². The van der Waals surface area contributed by atoms with Crippen molar-refractivity contribution in [3.05, 3.63) is 99.7 Å². The van der Waals surface area contributed by atoms with Crippen LogP contribution in [0.2, 0.25) is 0 Å². The normalized spacial score (nSPS) is 11.2. The maximum Gasteiger partial charge on any atom is 0.287 e. The zero-order valence-corrected chi connectivity index (χ0v) is 18.7. The molecule has 0 spiro atoms. The molecule has 0 unspecified atom stereocenters. The Morgan fingerprint density at radius 3 is 2.34 bits per heavy atom. The summed E-state index contributed by atoms with van der Waals surface area (Å²) in [4.78, 5) is 25.4. The number of aromatic hydroxyl groups is 1. The van der Waals surface area contributed by atoms with Crippen molar-refractivity contribution < 1.29 is 19.4 Å². The summed E-state index contributed by atoms with van der Waals surface area (Å²) in [7, 11) is 1.43. The number of halogens is 1. The Kier molecular flexibility index (Phi) is 7.77. The van der Waals surface area contributed by atoms with Crippen LogP contribution < -0.4 is 15.5 Å². The lowest BCUT2D eigenvalue weighted by Crippen LogP contribution is -2.32. The van der Waals surface area contributed by atoms with Gasteiger partial charge in [0.2, 0.25) is 0 Å². The van der Waals surface area contributed by atoms with Gasteiger partial charge < -0.3 is 15.2 Å². The van der Waals surface area contributed by atoms with Gasteiger partial charge in [-0.1, -0.05) is 64.5 Å². The van der Waals surface area contributed by atoms with Crippen molar-refractivity contribution in [2.45, 2.75) is 0 Å². The molecule has 3 aromatic rings. The number of ether oxygens (including phenoxy) is 1. The van der Waals surface area contributed by atoms with Crippen molar-refractivity contribution in [3.8, 4) is 11.5 Å². The summed E-state index contributed by atoms with van der Waals surface area (Å²) in [6.45, 7) is 0. The van der Waals surface area contributed by atoms with E-state index in [9.17, 15) is 14.7 Å². The van der Waals surface area contributed by atoms with Crippen LogP contribution in [0.3, 0.4) is 0 Å². The van der Waals surface area contributed by atoms with Crippen LogP contribution in [0, 0.1) is 0 Å². The second kappa shape index (κ2) is 10.9. The number of nitrogens with one attached hydrogen (secondary N) is 2. The molecule has 162 valence electrons. The van der Waals surface area contributed by atoms with Crippen LogP contribution in [-0.2, 0) is 4.79 Å². The van der Waals surface area contributed by atoms with Gasteiger partial charge in [0.1, 0.15) is 5.70 Å². The van der Waals surface area contributed by atoms with Crippen molar-refractivity contribution in [3.63, 3.8) is 0 Å². The topological polar surface area (TPSA) is 100 Å². The van der Waals surface area contributed by atoms with Crippen molar-refractivity contribution in [1.82, 2.24) is 10.7 Å². The third-order valence-electron chi connectivity index (χ3n) is 4.30. The molecule has 3 rings (SSSR count). The SMILES string of the molecule is COc1cc(Br)cc(/C=N\NC(=O)/C(=C/c2ccccc2)NC(=O)c2ccccc2)c1O. The number of methoxy groups -OCH3 is 1. The average Bonchev–Trinajstić information content (AvgIpc) is 2.81. The highest BCUT2D eigenvalue weighted by molar-refractivity contribution is 9.10. The van der Waals surface area contributed by atoms with Gasteiger partial charge in [-0.2, -0.15) is 5.10 Å². The molecular weight excluding hydrogens is 474 g/mol. The summed E-state index contributed by atoms with van der Waals surface area (Å²) in [6, 6.07) is 20.9. The van der Waals surface area contributed by atoms with E-state index in [0.29, 0.717) is 15.6 Å². The minimum absolute atomic E-state index is 0.0123. The van der Waals surface area contributed by atoms with E-state index in [4.69, 9.17) is 4.74 Å². The summed E-state index contributed by atoms with van der Waals surface area (Å²) < 4.78 is 5.77. The number of nitrogens with zero attached hydrogens (tertiary/aromatic N) is 1. The first-order chi connectivity index (χ1) is 15.5. The Balaban J connectivity index is 1.81. The van der Waals surface area contributed by atoms with E-state index < -0.39 is 11.8 Å². The number of hydrazone groups is 1. The number of rotatable bonds is 7. The third kappa shape index (κ3) is 6.05. The van der Waals surface area contributed by atoms with E-state index in [0.717, 1.165) is 5.56 Å². The molecule has 0 heterocycles. The van der Waals surface area contributed by atoms with Gasteiger partial charge >= 0.3 is 0 Å². The Hall–Kier alpha value is -3.91. The number of phenolic OH excluding ortho intramolecular Hbond substituents is 1. The van der Waals surface area contributed by atoms with Gasteiger partial charge in [-0.05, 0) is 35.9 Å². The van der Waals surface area contributed by atoms with Crippen LogP contribution in [0.25, 0.3) is 6.08 Å². The van der Waals surface area contributed by atoms with Gasteiger partial charge in [-0.25, -0.2) is 5.43 Å². The lowest BCUT2D eigenvalue weighted by Gasteiger charge is -2.09. The van der Waals surface area contributed by atoms with E-state index in [1.807, 2.05) is 18.2 Å². The molecule has 0 aromatic heterocycles. The molecule has 2 amide bonds. The number of hydrogen-bond donors (Lipinski definition) is 3. The van der Waals surface area contributed by atoms with Crippen LogP contribution in [0.1, 0.15) is 21.5 Å². The second-order valence-electron chi connectivity index (χ2n) is 6.53. The molecule has 0 aliphatic rings. The number of carbonyl (C=O) groups excluding carboxylic acids is 2. The minimum atomic E-state index is -0.629. The van der Waals surface area contributed by atoms with Gasteiger partial charge in [0, 0.05) is 15.6 Å². The molecule has 8 heteroatoms. The number of hydrogen-bond acceptors (Lipinski definition) is 5. The summed E-state index contributed by atoms with van der Waals surface area (Å²) in [5.74, 6) is -0.921. The molecule has 0 bridgehead atoms. The Morgan fingerprint density at radius 1 is 1.03 bits per heavy atom. The summed E-state index contributed by atoms with van der Waals surface area (Å²) in [5, 5.41) is 16.7. The fourth-order valence-corrected chi connectivity index (χ4v) is 3.18. The highest BCUT2D eigenvalue weighted by atomic mass is 79.9. The molecule has 0 aliphatic heterocycles. The fourth-order valence-electron chi connectivity index (χ4n) is 2.73. The molecule has 3 N–H and O–H groups in total. The van der Waals surface area contributed by atoms with Crippen molar-refractivity contribution in [2.75, 3.05) is 7.11 Å². The van der Waals surface area contributed by atoms with Crippen LogP contribution in [0.15, 0.2) is 88.1 Å². The second-order valence-corrected chi connectivity index (χ2v) is 7.45. The largest absolute Gasteiger partial charge is 0.504 e. The molecule has 0 aliphatic carbocycles. The lowest BCUT2D eigenvalue weighted by atomic mass is 10.1. The monoisotopic (exact) mass is 493 g/mol. The minimum Gasteiger partial charge on any atom is -0.504 e. The highest BCUT2D eigenvalue weighted by Gasteiger charge is 2.14. The maximum atomic E-state index is 12.8. The molecule has 0 radical (unpaired) electrons. The molecule has 0 saturated heterocycles. The van der Waals surface area contributed by atoms with E-state index in [1.54, 1.807) is 60.7 Å². The van der Waals surface area contributed by atoms with Crippen LogP contribution >= 0.6 is 15.9 Å². The van der Waals surface area contributed by atoms with Crippen LogP contribution in [0.5, 0.6) is 11.5 Å². The van der Waals surface area contributed by atoms with Gasteiger partial charge in [0.05, 0.1) is 13.3 Å². The fraction of sp³-hybridized carbons (Fsp3) is 0.0417. The molecule has 0 saturated carbocycles. The van der Waals surface area contributed by atoms with Crippen molar-refractivity contribution in [1.29, 1.82) is 0 Å². The van der Waals surface area contributed by atoms with Gasteiger partial charge in [-0.3, -0.25) is 9.59 Å². The average molecular weight is 494 g/mol. The zero-order valence-electron chi connectivity index (χ0n) is 17.1. The smallest absolute Gasteiger partial charge is 0.287 e. The van der Waals surface area contributed by atoms with Gasteiger partial charge in [0.15, 0.2) is 11.5 Å². The summed E-state index contributed by atoms with van der Waals surface area (Å²) in [5.41, 5.74) is 3.85. The van der Waals surface area contributed by atoms with E-state index in [-0.39, 0.29) is 17.2 Å². The molecule has 0 atom stereocenters. The van der Waals surface area contributed by atoms with Gasteiger partial charge in [0.25, 0.3) is 11.8 Å². The number of carbonyl (C=O) groups is 2. The highest BCUT2D eigenvalue weighted by Crippen LogP contribution is 2.32. The standard InChI is InChI=1S/C24H20BrN3O4/c1-32-21-14-19(25)13-18(22(21)29)15-26-28-24(31)20(12-16-8-4-2-5-9-16)27-23(30)17-10-6-3-7-11-17/h2-15,29H,1H3,(H,27,30)(H,28,31)/b20-12-,26-15-. The Morgan fingerprint density at radius 2 is 1.69 bits per heavy atom. The third-order valence-corrected chi connectivity index (χ3v) is 4.76. The quantitative estimate of drug-likeness (QED) is 0.262. The first-order valence-corrected chi connectivity index (χ1v) is 10.3. The van der Waals surface area contributed by atoms with Gasteiger partial charge in [-0.15, -0.1) is 0 Å². The van der Waals surface area contributed by atoms with E-state index in [2.05, 4.69) is 31.8 Å². The van der Waals surface area contributed by atoms with Crippen LogP contribution in [0.4, 0.5) is 0 Å². The predicted octanol–water partition coefficient (Wildman–Crippen LogP) is 4.08. The summed E-state index contributed by atoms with van der Waals surface area (Å²) >= 11 is 3.32.